The van der Waals surface area contributed by atoms with Crippen LogP contribution in [0.3, 0.4) is 0 Å². The summed E-state index contributed by atoms with van der Waals surface area (Å²) in [7, 11) is 0. The fourth-order valence-corrected chi connectivity index (χ4v) is 3.56. The van der Waals surface area contributed by atoms with Crippen molar-refractivity contribution in [3.8, 4) is 0 Å². The van der Waals surface area contributed by atoms with Crippen LogP contribution in [0.25, 0.3) is 21.8 Å². The molecular weight excluding hydrogens is 350 g/mol. The second-order valence-electron chi connectivity index (χ2n) is 6.55. The third-order valence-electron chi connectivity index (χ3n) is 4.94. The number of rotatable bonds is 4. The van der Waals surface area contributed by atoms with Gasteiger partial charge in [0.05, 0.1) is 5.56 Å². The molecular formula is C23H15N3O2. The number of hydrogen-bond donors (Lipinski definition) is 2. The maximum Gasteiger partial charge on any atom is 0.214 e. The predicted octanol–water partition coefficient (Wildman–Crippen LogP) is 4.51. The molecule has 5 nitrogen and oxygen atoms in total. The molecule has 0 aliphatic rings. The van der Waals surface area contributed by atoms with Gasteiger partial charge in [-0.2, -0.15) is 0 Å². The van der Waals surface area contributed by atoms with E-state index in [4.69, 9.17) is 0 Å². The van der Waals surface area contributed by atoms with Crippen molar-refractivity contribution in [1.82, 2.24) is 15.0 Å². The van der Waals surface area contributed by atoms with E-state index in [0.717, 1.165) is 21.8 Å². The van der Waals surface area contributed by atoms with Gasteiger partial charge in [-0.05, 0) is 24.3 Å². The van der Waals surface area contributed by atoms with E-state index in [9.17, 15) is 9.59 Å². The van der Waals surface area contributed by atoms with E-state index in [1.807, 2.05) is 48.5 Å². The number of fused-ring (bicyclic) bond motifs is 2. The number of aromatic nitrogens is 3. The van der Waals surface area contributed by atoms with Gasteiger partial charge in [0.15, 0.2) is 5.78 Å². The van der Waals surface area contributed by atoms with Crippen LogP contribution in [-0.4, -0.2) is 26.5 Å². The first-order valence-corrected chi connectivity index (χ1v) is 8.90. The Balaban J connectivity index is 1.63. The van der Waals surface area contributed by atoms with Gasteiger partial charge in [-0.1, -0.05) is 36.4 Å². The number of benzene rings is 2. The number of carbonyl (C=O) groups excluding carboxylic acids is 2. The van der Waals surface area contributed by atoms with Gasteiger partial charge in [-0.15, -0.1) is 0 Å². The van der Waals surface area contributed by atoms with Crippen LogP contribution >= 0.6 is 0 Å². The summed E-state index contributed by atoms with van der Waals surface area (Å²) < 4.78 is 0. The fraction of sp³-hybridized carbons (Fsp3) is 0. The number of carbonyl (C=O) groups is 2. The van der Waals surface area contributed by atoms with Crippen molar-refractivity contribution in [2.24, 2.45) is 0 Å². The van der Waals surface area contributed by atoms with E-state index in [0.29, 0.717) is 16.7 Å². The Labute approximate surface area is 160 Å². The van der Waals surface area contributed by atoms with Crippen LogP contribution < -0.4 is 0 Å². The van der Waals surface area contributed by atoms with Gasteiger partial charge in [0.2, 0.25) is 5.78 Å². The molecule has 0 saturated heterocycles. The van der Waals surface area contributed by atoms with Crippen LogP contribution in [0.2, 0.25) is 0 Å². The largest absolute Gasteiger partial charge is 0.360 e. The second kappa shape index (κ2) is 6.32. The highest BCUT2D eigenvalue weighted by atomic mass is 16.1. The van der Waals surface area contributed by atoms with Gasteiger partial charge >= 0.3 is 0 Å². The molecule has 0 unspecified atom stereocenters. The summed E-state index contributed by atoms with van der Waals surface area (Å²) in [6.45, 7) is 0. The molecule has 5 aromatic rings. The third kappa shape index (κ3) is 2.45. The molecule has 28 heavy (non-hydrogen) atoms. The first kappa shape index (κ1) is 16.2. The van der Waals surface area contributed by atoms with Crippen LogP contribution in [0.4, 0.5) is 0 Å². The standard InChI is InChI=1S/C23H15N3O2/c27-22(17-12-25-19-9-3-1-6-14(17)19)16-8-5-11-24-21(16)23(28)18-13-26-20-10-4-2-7-15(18)20/h1-13,25-26H. The predicted molar refractivity (Wildman–Crippen MR) is 108 cm³/mol. The molecule has 0 saturated carbocycles. The minimum absolute atomic E-state index is 0.155. The zero-order valence-electron chi connectivity index (χ0n) is 14.8. The Bertz CT molecular complexity index is 1260. The highest BCUT2D eigenvalue weighted by Crippen LogP contribution is 2.25. The number of aromatic amines is 2. The topological polar surface area (TPSA) is 78.6 Å². The van der Waals surface area contributed by atoms with Crippen LogP contribution in [0.1, 0.15) is 32.0 Å². The van der Waals surface area contributed by atoms with Crippen molar-refractivity contribution < 1.29 is 9.59 Å². The van der Waals surface area contributed by atoms with Crippen molar-refractivity contribution in [3.05, 3.63) is 102 Å². The normalized spacial score (nSPS) is 11.1. The zero-order chi connectivity index (χ0) is 19.1. The number of nitrogens with zero attached hydrogens (tertiary/aromatic N) is 1. The Morgan fingerprint density at radius 3 is 1.86 bits per heavy atom. The van der Waals surface area contributed by atoms with Crippen molar-refractivity contribution in [3.63, 3.8) is 0 Å². The van der Waals surface area contributed by atoms with Crippen molar-refractivity contribution in [2.45, 2.75) is 0 Å². The summed E-state index contributed by atoms with van der Waals surface area (Å²) in [6, 6.07) is 18.5. The number of H-pyrrole nitrogens is 2. The molecule has 0 aliphatic carbocycles. The molecule has 0 spiro atoms. The van der Waals surface area contributed by atoms with Gasteiger partial charge < -0.3 is 9.97 Å². The lowest BCUT2D eigenvalue weighted by molar-refractivity contribution is 0.100. The Kier molecular flexibility index (Phi) is 3.66. The fourth-order valence-electron chi connectivity index (χ4n) is 3.56. The van der Waals surface area contributed by atoms with Gasteiger partial charge in [-0.25, -0.2) is 0 Å². The first-order chi connectivity index (χ1) is 13.7. The molecule has 0 atom stereocenters. The Morgan fingerprint density at radius 2 is 1.21 bits per heavy atom. The van der Waals surface area contributed by atoms with E-state index in [1.54, 1.807) is 24.5 Å². The first-order valence-electron chi connectivity index (χ1n) is 8.90. The lowest BCUT2D eigenvalue weighted by atomic mass is 9.97. The molecule has 0 bridgehead atoms. The number of nitrogens with one attached hydrogen (secondary N) is 2. The van der Waals surface area contributed by atoms with Gasteiger partial charge in [-0.3, -0.25) is 14.6 Å². The summed E-state index contributed by atoms with van der Waals surface area (Å²) in [5, 5.41) is 1.63. The second-order valence-corrected chi connectivity index (χ2v) is 6.55. The number of hydrogen-bond acceptors (Lipinski definition) is 3. The number of para-hydroxylation sites is 2. The summed E-state index contributed by atoms with van der Waals surface area (Å²) in [6.07, 6.45) is 4.88. The average molecular weight is 365 g/mol. The van der Waals surface area contributed by atoms with E-state index in [-0.39, 0.29) is 17.3 Å². The van der Waals surface area contributed by atoms with Crippen LogP contribution in [0, 0.1) is 0 Å². The van der Waals surface area contributed by atoms with E-state index in [2.05, 4.69) is 15.0 Å². The Morgan fingerprint density at radius 1 is 0.643 bits per heavy atom. The molecule has 5 rings (SSSR count). The summed E-state index contributed by atoms with van der Waals surface area (Å²) >= 11 is 0. The Hall–Kier alpha value is -3.99. The quantitative estimate of drug-likeness (QED) is 0.460. The van der Waals surface area contributed by atoms with Crippen LogP contribution in [0.5, 0.6) is 0 Å². The number of pyridine rings is 1. The SMILES string of the molecule is O=C(c1cccnc1C(=O)c1c[nH]c2ccccc12)c1c[nH]c2ccccc12. The van der Waals surface area contributed by atoms with Crippen molar-refractivity contribution in [1.29, 1.82) is 0 Å². The molecule has 0 aliphatic heterocycles. The lowest BCUT2D eigenvalue weighted by Gasteiger charge is -2.06. The van der Waals surface area contributed by atoms with E-state index in [1.165, 1.54) is 6.20 Å². The molecule has 0 amide bonds. The van der Waals surface area contributed by atoms with E-state index < -0.39 is 0 Å². The van der Waals surface area contributed by atoms with Crippen LogP contribution in [0.15, 0.2) is 79.3 Å². The minimum Gasteiger partial charge on any atom is -0.360 e. The highest BCUT2D eigenvalue weighted by molar-refractivity contribution is 6.24. The highest BCUT2D eigenvalue weighted by Gasteiger charge is 2.24. The summed E-state index contributed by atoms with van der Waals surface area (Å²) in [5.74, 6) is -0.505. The summed E-state index contributed by atoms with van der Waals surface area (Å²) in [4.78, 5) is 37.0. The molecule has 5 heteroatoms. The number of ketones is 2. The minimum atomic E-state index is -0.277. The molecule has 0 fully saturated rings. The average Bonchev–Trinajstić information content (AvgIpc) is 3.37. The molecule has 2 N–H and O–H groups in total. The van der Waals surface area contributed by atoms with Gasteiger partial charge in [0, 0.05) is 51.5 Å². The maximum atomic E-state index is 13.3. The molecule has 134 valence electrons. The summed E-state index contributed by atoms with van der Waals surface area (Å²) in [5.41, 5.74) is 3.22. The third-order valence-corrected chi connectivity index (χ3v) is 4.94. The van der Waals surface area contributed by atoms with Crippen molar-refractivity contribution in [2.75, 3.05) is 0 Å². The molecule has 2 aromatic carbocycles. The molecule has 0 radical (unpaired) electrons. The monoisotopic (exact) mass is 365 g/mol. The zero-order valence-corrected chi connectivity index (χ0v) is 14.8. The smallest absolute Gasteiger partial charge is 0.214 e. The van der Waals surface area contributed by atoms with Crippen molar-refractivity contribution >= 4 is 33.4 Å². The van der Waals surface area contributed by atoms with Crippen LogP contribution in [-0.2, 0) is 0 Å². The van der Waals surface area contributed by atoms with Gasteiger partial charge in [0.1, 0.15) is 5.69 Å². The maximum absolute atomic E-state index is 13.3. The molecule has 3 aromatic heterocycles. The van der Waals surface area contributed by atoms with E-state index >= 15 is 0 Å². The lowest BCUT2D eigenvalue weighted by Crippen LogP contribution is -2.12. The van der Waals surface area contributed by atoms with Gasteiger partial charge in [0.25, 0.3) is 0 Å². The molecule has 3 heterocycles.